The van der Waals surface area contributed by atoms with Gasteiger partial charge in [-0.25, -0.2) is 4.98 Å². The molecule has 128 valence electrons. The Morgan fingerprint density at radius 3 is 3.00 bits per heavy atom. The molecule has 0 spiro atoms. The van der Waals surface area contributed by atoms with Crippen LogP contribution in [0.1, 0.15) is 15.4 Å². The summed E-state index contributed by atoms with van der Waals surface area (Å²) in [5.74, 6) is 0.784. The summed E-state index contributed by atoms with van der Waals surface area (Å²) in [6.07, 6.45) is 1.06. The molecule has 1 amide bonds. The van der Waals surface area contributed by atoms with Crippen LogP contribution in [0.2, 0.25) is 0 Å². The number of thiophene rings is 1. The van der Waals surface area contributed by atoms with E-state index >= 15 is 0 Å². The first kappa shape index (κ1) is 16.3. The molecule has 1 unspecified atom stereocenters. The molecule has 0 saturated carbocycles. The zero-order valence-electron chi connectivity index (χ0n) is 13.8. The minimum Gasteiger partial charge on any atom is -0.480 e. The van der Waals surface area contributed by atoms with Crippen molar-refractivity contribution in [2.24, 2.45) is 0 Å². The Labute approximate surface area is 154 Å². The van der Waals surface area contributed by atoms with Crippen LogP contribution >= 0.6 is 22.7 Å². The number of carbonyl (C=O) groups excluding carboxylic acids is 1. The number of thiazole rings is 1. The van der Waals surface area contributed by atoms with Gasteiger partial charge < -0.3 is 10.1 Å². The smallest absolute Gasteiger partial charge is 0.261 e. The lowest BCUT2D eigenvalue weighted by Crippen LogP contribution is -2.38. The predicted molar refractivity (Wildman–Crippen MR) is 101 cm³/mol. The van der Waals surface area contributed by atoms with Gasteiger partial charge in [0, 0.05) is 23.2 Å². The highest BCUT2D eigenvalue weighted by atomic mass is 32.1. The monoisotopic (exact) mass is 370 g/mol. The Morgan fingerprint density at radius 1 is 1.32 bits per heavy atom. The lowest BCUT2D eigenvalue weighted by Gasteiger charge is -2.10. The van der Waals surface area contributed by atoms with Crippen LogP contribution in [0.15, 0.2) is 41.8 Å². The van der Waals surface area contributed by atoms with E-state index in [0.717, 1.165) is 28.4 Å². The molecule has 1 aliphatic rings. The summed E-state index contributed by atoms with van der Waals surface area (Å²) < 4.78 is 5.72. The van der Waals surface area contributed by atoms with Gasteiger partial charge in [-0.1, -0.05) is 18.2 Å². The van der Waals surface area contributed by atoms with Crippen molar-refractivity contribution in [1.29, 1.82) is 0 Å². The average molecular weight is 370 g/mol. The Balaban J connectivity index is 1.28. The number of aromatic nitrogens is 1. The number of carbonyl (C=O) groups is 1. The van der Waals surface area contributed by atoms with E-state index in [1.807, 2.05) is 31.2 Å². The van der Waals surface area contributed by atoms with Crippen LogP contribution in [0.3, 0.4) is 0 Å². The van der Waals surface area contributed by atoms with Crippen LogP contribution in [0.4, 0.5) is 0 Å². The fourth-order valence-electron chi connectivity index (χ4n) is 2.88. The fraction of sp³-hybridized carbons (Fsp3) is 0.263. The molecule has 2 aromatic heterocycles. The number of fused-ring (bicyclic) bond motifs is 1. The molecular weight excluding hydrogens is 352 g/mol. The third-order valence-corrected chi connectivity index (χ3v) is 6.08. The Kier molecular flexibility index (Phi) is 4.55. The first-order valence-electron chi connectivity index (χ1n) is 8.22. The molecule has 1 N–H and O–H groups in total. The summed E-state index contributed by atoms with van der Waals surface area (Å²) in [6.45, 7) is 2.63. The van der Waals surface area contributed by atoms with E-state index in [1.165, 1.54) is 9.75 Å². The highest BCUT2D eigenvalue weighted by Crippen LogP contribution is 2.30. The molecule has 4 nitrogen and oxygen atoms in total. The second-order valence-electron chi connectivity index (χ2n) is 5.98. The molecular formula is C19H18N2O2S2. The molecule has 3 aromatic rings. The van der Waals surface area contributed by atoms with Crippen molar-refractivity contribution in [2.75, 3.05) is 6.54 Å². The van der Waals surface area contributed by atoms with Crippen molar-refractivity contribution in [1.82, 2.24) is 10.3 Å². The molecule has 0 bridgehead atoms. The number of hydrogen-bond acceptors (Lipinski definition) is 5. The zero-order valence-corrected chi connectivity index (χ0v) is 15.5. The predicted octanol–water partition coefficient (Wildman–Crippen LogP) is 3.84. The second kappa shape index (κ2) is 6.98. The quantitative estimate of drug-likeness (QED) is 0.742. The standard InChI is InChI=1S/C19H18N2O2S2/c1-12-21-15(11-24-12)18-7-6-14(25-18)8-9-20-19(22)17-10-13-4-2-3-5-16(13)23-17/h2-7,11,17H,8-10H2,1H3,(H,20,22). The van der Waals surface area contributed by atoms with E-state index in [4.69, 9.17) is 4.74 Å². The Hall–Kier alpha value is -2.18. The van der Waals surface area contributed by atoms with Crippen LogP contribution < -0.4 is 10.1 Å². The zero-order chi connectivity index (χ0) is 17.2. The number of benzene rings is 1. The Bertz CT molecular complexity index is 875. The van der Waals surface area contributed by atoms with E-state index < -0.39 is 6.10 Å². The molecule has 1 atom stereocenters. The highest BCUT2D eigenvalue weighted by Gasteiger charge is 2.28. The minimum atomic E-state index is -0.408. The fourth-order valence-corrected chi connectivity index (χ4v) is 4.53. The number of amides is 1. The van der Waals surface area contributed by atoms with Crippen molar-refractivity contribution in [3.8, 4) is 16.3 Å². The van der Waals surface area contributed by atoms with Gasteiger partial charge in [-0.05, 0) is 37.1 Å². The number of nitrogens with one attached hydrogen (secondary N) is 1. The molecule has 0 aliphatic carbocycles. The third kappa shape index (κ3) is 3.60. The number of para-hydroxylation sites is 1. The number of nitrogens with zero attached hydrogens (tertiary/aromatic N) is 1. The van der Waals surface area contributed by atoms with Gasteiger partial charge in [0.05, 0.1) is 15.6 Å². The molecule has 0 fully saturated rings. The number of rotatable bonds is 5. The van der Waals surface area contributed by atoms with Gasteiger partial charge in [0.2, 0.25) is 0 Å². The Morgan fingerprint density at radius 2 is 2.20 bits per heavy atom. The van der Waals surface area contributed by atoms with Crippen molar-refractivity contribution < 1.29 is 9.53 Å². The van der Waals surface area contributed by atoms with Crippen molar-refractivity contribution in [2.45, 2.75) is 25.9 Å². The molecule has 4 rings (SSSR count). The first-order valence-corrected chi connectivity index (χ1v) is 9.92. The lowest BCUT2D eigenvalue weighted by atomic mass is 10.1. The number of aryl methyl sites for hydroxylation is 1. The lowest BCUT2D eigenvalue weighted by molar-refractivity contribution is -0.127. The summed E-state index contributed by atoms with van der Waals surface area (Å²) in [4.78, 5) is 19.2. The van der Waals surface area contributed by atoms with E-state index in [-0.39, 0.29) is 5.91 Å². The van der Waals surface area contributed by atoms with Gasteiger partial charge in [-0.3, -0.25) is 4.79 Å². The summed E-state index contributed by atoms with van der Waals surface area (Å²) >= 11 is 3.40. The maximum Gasteiger partial charge on any atom is 0.261 e. The summed E-state index contributed by atoms with van der Waals surface area (Å²) in [5.41, 5.74) is 2.14. The average Bonchev–Trinajstić information content (AvgIpc) is 3.32. The molecule has 3 heterocycles. The maximum atomic E-state index is 12.3. The molecule has 25 heavy (non-hydrogen) atoms. The highest BCUT2D eigenvalue weighted by molar-refractivity contribution is 7.16. The summed E-state index contributed by atoms with van der Waals surface area (Å²) in [7, 11) is 0. The number of ether oxygens (including phenoxy) is 1. The largest absolute Gasteiger partial charge is 0.480 e. The van der Waals surface area contributed by atoms with Gasteiger partial charge in [0.15, 0.2) is 6.10 Å². The van der Waals surface area contributed by atoms with Crippen LogP contribution in [0.5, 0.6) is 5.75 Å². The van der Waals surface area contributed by atoms with E-state index in [0.29, 0.717) is 13.0 Å². The topological polar surface area (TPSA) is 51.2 Å². The van der Waals surface area contributed by atoms with E-state index in [1.54, 1.807) is 22.7 Å². The maximum absolute atomic E-state index is 12.3. The van der Waals surface area contributed by atoms with E-state index in [2.05, 4.69) is 27.8 Å². The minimum absolute atomic E-state index is 0.0388. The van der Waals surface area contributed by atoms with Crippen LogP contribution in [0.25, 0.3) is 10.6 Å². The summed E-state index contributed by atoms with van der Waals surface area (Å²) in [5, 5.41) is 6.15. The van der Waals surface area contributed by atoms with Crippen LogP contribution in [-0.4, -0.2) is 23.5 Å². The van der Waals surface area contributed by atoms with Gasteiger partial charge in [0.1, 0.15) is 5.75 Å². The van der Waals surface area contributed by atoms with Crippen molar-refractivity contribution in [3.05, 3.63) is 57.2 Å². The molecule has 6 heteroatoms. The second-order valence-corrected chi connectivity index (χ2v) is 8.21. The van der Waals surface area contributed by atoms with Crippen LogP contribution in [0, 0.1) is 6.92 Å². The normalized spacial score (nSPS) is 15.6. The van der Waals surface area contributed by atoms with Gasteiger partial charge in [-0.2, -0.15) is 0 Å². The molecule has 0 saturated heterocycles. The van der Waals surface area contributed by atoms with Gasteiger partial charge in [-0.15, -0.1) is 22.7 Å². The third-order valence-electron chi connectivity index (χ3n) is 4.14. The molecule has 1 aromatic carbocycles. The van der Waals surface area contributed by atoms with Crippen molar-refractivity contribution >= 4 is 28.6 Å². The molecule has 1 aliphatic heterocycles. The SMILES string of the molecule is Cc1nc(-c2ccc(CCNC(=O)C3Cc4ccccc4O3)s2)cs1. The molecule has 0 radical (unpaired) electrons. The van der Waals surface area contributed by atoms with Crippen molar-refractivity contribution in [3.63, 3.8) is 0 Å². The van der Waals surface area contributed by atoms with E-state index in [9.17, 15) is 4.79 Å². The van der Waals surface area contributed by atoms with Gasteiger partial charge >= 0.3 is 0 Å². The number of hydrogen-bond donors (Lipinski definition) is 1. The van der Waals surface area contributed by atoms with Crippen LogP contribution in [-0.2, 0) is 17.6 Å². The first-order chi connectivity index (χ1) is 12.2. The van der Waals surface area contributed by atoms with Gasteiger partial charge in [0.25, 0.3) is 5.91 Å². The summed E-state index contributed by atoms with van der Waals surface area (Å²) in [6, 6.07) is 12.0.